The average Bonchev–Trinajstić information content (AvgIpc) is 3.00. The lowest BCUT2D eigenvalue weighted by molar-refractivity contribution is -0.116. The number of benzene rings is 2. The topological polar surface area (TPSA) is 89.1 Å². The van der Waals surface area contributed by atoms with Crippen molar-refractivity contribution in [2.24, 2.45) is 0 Å². The highest BCUT2D eigenvalue weighted by atomic mass is 16.5. The molecule has 8 heteroatoms. The summed E-state index contributed by atoms with van der Waals surface area (Å²) in [6.07, 6.45) is 0.868. The van der Waals surface area contributed by atoms with Crippen LogP contribution in [0.1, 0.15) is 24.5 Å². The number of anilines is 1. The van der Waals surface area contributed by atoms with Gasteiger partial charge in [0.15, 0.2) is 0 Å². The molecule has 0 bridgehead atoms. The van der Waals surface area contributed by atoms with Crippen molar-refractivity contribution in [3.63, 3.8) is 0 Å². The van der Waals surface area contributed by atoms with Crippen LogP contribution in [0.5, 0.6) is 17.2 Å². The predicted molar refractivity (Wildman–Crippen MR) is 118 cm³/mol. The van der Waals surface area contributed by atoms with E-state index in [1.54, 1.807) is 37.3 Å². The molecule has 0 aromatic heterocycles. The van der Waals surface area contributed by atoms with Crippen LogP contribution >= 0.6 is 0 Å². The van der Waals surface area contributed by atoms with Gasteiger partial charge in [-0.3, -0.25) is 4.79 Å². The van der Waals surface area contributed by atoms with Crippen LogP contribution in [-0.2, 0) is 17.8 Å². The Bertz CT molecular complexity index is 931. The van der Waals surface area contributed by atoms with Gasteiger partial charge in [0, 0.05) is 24.6 Å². The zero-order valence-electron chi connectivity index (χ0n) is 18.2. The number of nitrogens with one attached hydrogen (secondary N) is 2. The van der Waals surface area contributed by atoms with Gasteiger partial charge in [0.2, 0.25) is 5.91 Å². The van der Waals surface area contributed by atoms with Crippen molar-refractivity contribution in [2.45, 2.75) is 26.3 Å². The van der Waals surface area contributed by atoms with Gasteiger partial charge in [-0.05, 0) is 37.1 Å². The molecule has 0 saturated carbocycles. The highest BCUT2D eigenvalue weighted by Crippen LogP contribution is 2.29. The number of carbonyl (C=O) groups is 2. The van der Waals surface area contributed by atoms with Crippen LogP contribution in [0.4, 0.5) is 10.5 Å². The normalized spacial score (nSPS) is 12.8. The van der Waals surface area contributed by atoms with Gasteiger partial charge in [0.25, 0.3) is 0 Å². The van der Waals surface area contributed by atoms with Crippen molar-refractivity contribution in [3.8, 4) is 17.2 Å². The van der Waals surface area contributed by atoms with Crippen molar-refractivity contribution in [1.82, 2.24) is 10.2 Å². The third-order valence-electron chi connectivity index (χ3n) is 5.04. The minimum absolute atomic E-state index is 0.101. The molecule has 8 nitrogen and oxygen atoms in total. The smallest absolute Gasteiger partial charge is 0.317 e. The van der Waals surface area contributed by atoms with Gasteiger partial charge >= 0.3 is 6.03 Å². The summed E-state index contributed by atoms with van der Waals surface area (Å²) in [5.74, 6) is 1.86. The molecule has 0 radical (unpaired) electrons. The number of aryl methyl sites for hydroxylation is 1. The van der Waals surface area contributed by atoms with E-state index < -0.39 is 0 Å². The van der Waals surface area contributed by atoms with E-state index >= 15 is 0 Å². The van der Waals surface area contributed by atoms with Crippen molar-refractivity contribution >= 4 is 17.6 Å². The molecule has 2 aromatic carbocycles. The van der Waals surface area contributed by atoms with Crippen molar-refractivity contribution in [2.75, 3.05) is 39.2 Å². The number of rotatable bonds is 7. The summed E-state index contributed by atoms with van der Waals surface area (Å²) in [5, 5.41) is 5.71. The predicted octanol–water partition coefficient (Wildman–Crippen LogP) is 3.20. The maximum absolute atomic E-state index is 12.5. The maximum atomic E-state index is 12.5. The number of methoxy groups -OCH3 is 2. The fourth-order valence-corrected chi connectivity index (χ4v) is 3.42. The Morgan fingerprint density at radius 1 is 1.13 bits per heavy atom. The molecule has 0 unspecified atom stereocenters. The molecular weight excluding hydrogens is 398 g/mol. The number of carbonyl (C=O) groups excluding carboxylic acids is 2. The average molecular weight is 428 g/mol. The summed E-state index contributed by atoms with van der Waals surface area (Å²) in [5.41, 5.74) is 2.52. The third-order valence-corrected chi connectivity index (χ3v) is 5.04. The molecule has 1 aliphatic rings. The van der Waals surface area contributed by atoms with Gasteiger partial charge in [0.05, 0.1) is 33.0 Å². The van der Waals surface area contributed by atoms with Gasteiger partial charge in [-0.15, -0.1) is 0 Å². The van der Waals surface area contributed by atoms with Crippen LogP contribution in [0.2, 0.25) is 0 Å². The molecule has 166 valence electrons. The van der Waals surface area contributed by atoms with E-state index in [1.807, 2.05) is 25.1 Å². The van der Waals surface area contributed by atoms with Crippen LogP contribution in [-0.4, -0.2) is 50.8 Å². The Labute approximate surface area is 182 Å². The lowest BCUT2D eigenvalue weighted by Gasteiger charge is -2.20. The molecule has 1 aliphatic heterocycles. The maximum Gasteiger partial charge on any atom is 0.317 e. The highest BCUT2D eigenvalue weighted by Gasteiger charge is 2.20. The molecule has 1 heterocycles. The summed E-state index contributed by atoms with van der Waals surface area (Å²) in [6, 6.07) is 11.0. The molecule has 0 spiro atoms. The fourth-order valence-electron chi connectivity index (χ4n) is 3.42. The molecule has 0 aliphatic carbocycles. The second kappa shape index (κ2) is 10.6. The Balaban J connectivity index is 1.64. The van der Waals surface area contributed by atoms with Gasteiger partial charge in [-0.2, -0.15) is 0 Å². The van der Waals surface area contributed by atoms with Crippen molar-refractivity contribution in [3.05, 3.63) is 47.5 Å². The van der Waals surface area contributed by atoms with Crippen LogP contribution in [0.15, 0.2) is 36.4 Å². The number of hydrogen-bond donors (Lipinski definition) is 2. The molecule has 0 atom stereocenters. The first kappa shape index (κ1) is 22.3. The van der Waals surface area contributed by atoms with Crippen LogP contribution in [0.25, 0.3) is 0 Å². The quantitative estimate of drug-likeness (QED) is 0.708. The van der Waals surface area contributed by atoms with Crippen molar-refractivity contribution in [1.29, 1.82) is 0 Å². The molecule has 0 saturated heterocycles. The molecule has 3 amide bonds. The molecule has 2 N–H and O–H groups in total. The first-order chi connectivity index (χ1) is 15.0. The molecule has 2 aromatic rings. The summed E-state index contributed by atoms with van der Waals surface area (Å²) in [7, 11) is 3.13. The summed E-state index contributed by atoms with van der Waals surface area (Å²) in [4.78, 5) is 26.5. The number of urea groups is 1. The van der Waals surface area contributed by atoms with E-state index in [0.717, 1.165) is 16.9 Å². The number of nitrogens with zero attached hydrogens (tertiary/aromatic N) is 1. The zero-order chi connectivity index (χ0) is 22.2. The first-order valence-corrected chi connectivity index (χ1v) is 10.3. The van der Waals surface area contributed by atoms with Crippen LogP contribution < -0.4 is 24.8 Å². The van der Waals surface area contributed by atoms with E-state index in [4.69, 9.17) is 14.2 Å². The summed E-state index contributed by atoms with van der Waals surface area (Å²) in [6.45, 7) is 3.93. The zero-order valence-corrected chi connectivity index (χ0v) is 18.2. The Morgan fingerprint density at radius 3 is 2.71 bits per heavy atom. The van der Waals surface area contributed by atoms with Crippen LogP contribution in [0.3, 0.4) is 0 Å². The second-order valence-corrected chi connectivity index (χ2v) is 7.16. The van der Waals surface area contributed by atoms with E-state index in [1.165, 1.54) is 0 Å². The van der Waals surface area contributed by atoms with Gasteiger partial charge < -0.3 is 29.7 Å². The number of fused-ring (bicyclic) bond motifs is 1. The number of ether oxygens (including phenoxy) is 3. The van der Waals surface area contributed by atoms with Gasteiger partial charge in [0.1, 0.15) is 23.9 Å². The molecule has 31 heavy (non-hydrogen) atoms. The van der Waals surface area contributed by atoms with E-state index in [0.29, 0.717) is 56.3 Å². The minimum Gasteiger partial charge on any atom is -0.497 e. The van der Waals surface area contributed by atoms with Gasteiger partial charge in [-0.1, -0.05) is 12.1 Å². The largest absolute Gasteiger partial charge is 0.497 e. The first-order valence-electron chi connectivity index (χ1n) is 10.3. The van der Waals surface area contributed by atoms with Crippen LogP contribution in [0, 0.1) is 0 Å². The summed E-state index contributed by atoms with van der Waals surface area (Å²) < 4.78 is 16.3. The molecular formula is C23H29N3O5. The van der Waals surface area contributed by atoms with Crippen molar-refractivity contribution < 1.29 is 23.8 Å². The Kier molecular flexibility index (Phi) is 7.59. The standard InChI is InChI=1S/C23H29N3O5/c1-4-24-23(28)26-11-12-31-20-8-5-16(13-17(20)15-26)6-10-22(27)25-19-14-18(29-2)7-9-21(19)30-3/h5,7-9,13-14H,4,6,10-12,15H2,1-3H3,(H,24,28)(H,25,27). The lowest BCUT2D eigenvalue weighted by Crippen LogP contribution is -2.40. The van der Waals surface area contributed by atoms with Gasteiger partial charge in [-0.25, -0.2) is 4.79 Å². The minimum atomic E-state index is -0.123. The Hall–Kier alpha value is -3.42. The molecule has 0 fully saturated rings. The Morgan fingerprint density at radius 2 is 1.97 bits per heavy atom. The SMILES string of the molecule is CCNC(=O)N1CCOc2ccc(CCC(=O)Nc3cc(OC)ccc3OC)cc2C1. The monoisotopic (exact) mass is 427 g/mol. The number of hydrogen-bond acceptors (Lipinski definition) is 5. The third kappa shape index (κ3) is 5.81. The molecule has 3 rings (SSSR count). The lowest BCUT2D eigenvalue weighted by atomic mass is 10.0. The highest BCUT2D eigenvalue weighted by molar-refractivity contribution is 5.92. The second-order valence-electron chi connectivity index (χ2n) is 7.16. The van der Waals surface area contributed by atoms with E-state index in [9.17, 15) is 9.59 Å². The number of amides is 3. The van der Waals surface area contributed by atoms with E-state index in [2.05, 4.69) is 10.6 Å². The fraction of sp³-hybridized carbons (Fsp3) is 0.391. The van der Waals surface area contributed by atoms with E-state index in [-0.39, 0.29) is 11.9 Å². The summed E-state index contributed by atoms with van der Waals surface area (Å²) >= 11 is 0.